The first-order chi connectivity index (χ1) is 15.3. The molecule has 0 saturated carbocycles. The minimum atomic E-state index is -4.82. The number of aryl methyl sites for hydroxylation is 1. The number of amides is 1. The number of pyridine rings is 2. The van der Waals surface area contributed by atoms with Gasteiger partial charge in [-0.1, -0.05) is 0 Å². The molecule has 3 heterocycles. The Kier molecular flexibility index (Phi) is 6.20. The largest absolute Gasteiger partial charge is 0.495 e. The van der Waals surface area contributed by atoms with E-state index in [0.717, 1.165) is 19.1 Å². The van der Waals surface area contributed by atoms with E-state index in [1.165, 1.54) is 20.2 Å². The molecule has 0 aliphatic carbocycles. The maximum atomic E-state index is 14.5. The third kappa shape index (κ3) is 4.67. The number of hydrogen-bond acceptors (Lipinski definition) is 8. The van der Waals surface area contributed by atoms with Crippen LogP contribution in [-0.4, -0.2) is 47.4 Å². The highest BCUT2D eigenvalue weighted by Gasteiger charge is 2.59. The molecule has 1 aliphatic heterocycles. The topological polar surface area (TPSA) is 121 Å². The van der Waals surface area contributed by atoms with E-state index < -0.39 is 41.7 Å². The number of nitrogens with two attached hydrogens (primary N) is 1. The molecule has 0 radical (unpaired) electrons. The smallest absolute Gasteiger partial charge is 0.424 e. The molecule has 13 heteroatoms. The van der Waals surface area contributed by atoms with E-state index in [1.54, 1.807) is 13.0 Å². The number of hydrogen-bond donors (Lipinski definition) is 2. The molecular weight excluding hydrogens is 450 g/mol. The van der Waals surface area contributed by atoms with Crippen molar-refractivity contribution in [1.82, 2.24) is 9.97 Å². The van der Waals surface area contributed by atoms with Gasteiger partial charge in [0.2, 0.25) is 11.5 Å². The quantitative estimate of drug-likeness (QED) is 0.655. The van der Waals surface area contributed by atoms with Crippen molar-refractivity contribution in [2.75, 3.05) is 19.0 Å². The summed E-state index contributed by atoms with van der Waals surface area (Å²) in [6.07, 6.45) is -4.45. The Morgan fingerprint density at radius 1 is 1.30 bits per heavy atom. The summed E-state index contributed by atoms with van der Waals surface area (Å²) in [5.41, 5.74) is 1.21. The number of carbonyl (C=O) groups excluding carboxylic acids is 1. The monoisotopic (exact) mass is 471 g/mol. The number of amidine groups is 1. The summed E-state index contributed by atoms with van der Waals surface area (Å²) >= 11 is 0. The van der Waals surface area contributed by atoms with Gasteiger partial charge in [-0.05, 0) is 39.0 Å². The summed E-state index contributed by atoms with van der Waals surface area (Å²) in [7, 11) is 1.46. The minimum absolute atomic E-state index is 0.00656. The second kappa shape index (κ2) is 8.46. The summed E-state index contributed by atoms with van der Waals surface area (Å²) in [6.45, 7) is 3.04. The number of carbonyl (C=O) groups is 1. The number of halogens is 4. The first kappa shape index (κ1) is 24.2. The highest BCUT2D eigenvalue weighted by atomic mass is 19.4. The van der Waals surface area contributed by atoms with Gasteiger partial charge in [0.25, 0.3) is 0 Å². The Hall–Kier alpha value is -3.48. The number of nitrogens with zero attached hydrogens (tertiary/aromatic N) is 3. The van der Waals surface area contributed by atoms with Gasteiger partial charge in [0.15, 0.2) is 0 Å². The first-order valence-corrected chi connectivity index (χ1v) is 9.52. The number of rotatable bonds is 4. The molecule has 0 bridgehead atoms. The zero-order valence-corrected chi connectivity index (χ0v) is 18.1. The van der Waals surface area contributed by atoms with Crippen LogP contribution in [0.3, 0.4) is 0 Å². The van der Waals surface area contributed by atoms with Gasteiger partial charge >= 0.3 is 12.3 Å². The molecule has 3 N–H and O–H groups in total. The molecule has 3 rings (SSSR count). The lowest BCUT2D eigenvalue weighted by Gasteiger charge is -2.40. The van der Waals surface area contributed by atoms with E-state index in [-0.39, 0.29) is 17.4 Å². The summed E-state index contributed by atoms with van der Waals surface area (Å²) in [4.78, 5) is 24.1. The van der Waals surface area contributed by atoms with Crippen LogP contribution in [0.15, 0.2) is 29.4 Å². The SMILES string of the molecule is COc1cnc(OC(=O)Nc2ccc(F)c(C3(C)COC(C)(C(F)(F)F)C(N)=N3)n2)c(C)c1. The van der Waals surface area contributed by atoms with Crippen LogP contribution in [-0.2, 0) is 10.3 Å². The summed E-state index contributed by atoms with van der Waals surface area (Å²) in [5, 5.41) is 2.31. The second-order valence-electron chi connectivity index (χ2n) is 7.63. The molecule has 2 unspecified atom stereocenters. The van der Waals surface area contributed by atoms with Gasteiger partial charge in [-0.25, -0.2) is 19.2 Å². The van der Waals surface area contributed by atoms with Gasteiger partial charge in [0.1, 0.15) is 34.5 Å². The van der Waals surface area contributed by atoms with Crippen LogP contribution in [0.2, 0.25) is 0 Å². The number of aliphatic imine (C=N–C) groups is 1. The Bertz CT molecular complexity index is 1110. The van der Waals surface area contributed by atoms with E-state index in [2.05, 4.69) is 20.3 Å². The Morgan fingerprint density at radius 2 is 2.00 bits per heavy atom. The van der Waals surface area contributed by atoms with Crippen LogP contribution < -0.4 is 20.5 Å². The van der Waals surface area contributed by atoms with Gasteiger partial charge in [0, 0.05) is 5.56 Å². The lowest BCUT2D eigenvalue weighted by molar-refractivity contribution is -0.249. The Labute approximate surface area is 186 Å². The van der Waals surface area contributed by atoms with Gasteiger partial charge in [-0.2, -0.15) is 13.2 Å². The van der Waals surface area contributed by atoms with E-state index in [0.29, 0.717) is 11.3 Å². The molecule has 33 heavy (non-hydrogen) atoms. The minimum Gasteiger partial charge on any atom is -0.495 e. The predicted octanol–water partition coefficient (Wildman–Crippen LogP) is 3.47. The van der Waals surface area contributed by atoms with Crippen molar-refractivity contribution in [2.45, 2.75) is 38.1 Å². The second-order valence-corrected chi connectivity index (χ2v) is 7.63. The fraction of sp³-hybridized carbons (Fsp3) is 0.400. The molecule has 9 nitrogen and oxygen atoms in total. The van der Waals surface area contributed by atoms with Gasteiger partial charge in [0.05, 0.1) is 19.9 Å². The zero-order chi connectivity index (χ0) is 24.6. The van der Waals surface area contributed by atoms with Gasteiger partial charge in [-0.3, -0.25) is 10.3 Å². The van der Waals surface area contributed by atoms with Crippen LogP contribution in [0, 0.1) is 12.7 Å². The molecule has 0 saturated heterocycles. The third-order valence-electron chi connectivity index (χ3n) is 5.06. The zero-order valence-electron chi connectivity index (χ0n) is 18.1. The summed E-state index contributed by atoms with van der Waals surface area (Å²) in [6, 6.07) is 3.72. The van der Waals surface area contributed by atoms with E-state index in [1.807, 2.05) is 0 Å². The summed E-state index contributed by atoms with van der Waals surface area (Å²) < 4.78 is 69.6. The summed E-state index contributed by atoms with van der Waals surface area (Å²) in [5.74, 6) is -1.41. The van der Waals surface area contributed by atoms with Crippen LogP contribution in [0.1, 0.15) is 25.1 Å². The van der Waals surface area contributed by atoms with Gasteiger partial charge < -0.3 is 19.9 Å². The molecule has 0 spiro atoms. The molecular formula is C20H21F4N5O4. The average Bonchev–Trinajstić information content (AvgIpc) is 2.73. The number of aromatic nitrogens is 2. The maximum absolute atomic E-state index is 14.5. The van der Waals surface area contributed by atoms with Crippen LogP contribution in [0.5, 0.6) is 11.6 Å². The fourth-order valence-electron chi connectivity index (χ4n) is 2.97. The first-order valence-electron chi connectivity index (χ1n) is 9.52. The van der Waals surface area contributed by atoms with Crippen molar-refractivity contribution in [3.05, 3.63) is 41.5 Å². The lowest BCUT2D eigenvalue weighted by Crippen LogP contribution is -2.60. The molecule has 1 aliphatic rings. The van der Waals surface area contributed by atoms with Crippen molar-refractivity contribution >= 4 is 17.7 Å². The van der Waals surface area contributed by atoms with Crippen LogP contribution in [0.4, 0.5) is 28.2 Å². The predicted molar refractivity (Wildman–Crippen MR) is 109 cm³/mol. The van der Waals surface area contributed by atoms with Crippen molar-refractivity contribution in [1.29, 1.82) is 0 Å². The number of ether oxygens (including phenoxy) is 3. The van der Waals surface area contributed by atoms with E-state index >= 15 is 0 Å². The third-order valence-corrected chi connectivity index (χ3v) is 5.06. The van der Waals surface area contributed by atoms with Gasteiger partial charge in [-0.15, -0.1) is 0 Å². The normalized spacial score (nSPS) is 23.0. The molecule has 0 aromatic carbocycles. The Balaban J connectivity index is 1.83. The van der Waals surface area contributed by atoms with Crippen molar-refractivity contribution in [3.8, 4) is 11.6 Å². The van der Waals surface area contributed by atoms with Crippen LogP contribution >= 0.6 is 0 Å². The van der Waals surface area contributed by atoms with Crippen molar-refractivity contribution < 1.29 is 36.6 Å². The van der Waals surface area contributed by atoms with E-state index in [4.69, 9.17) is 19.9 Å². The molecule has 2 atom stereocenters. The average molecular weight is 471 g/mol. The van der Waals surface area contributed by atoms with E-state index in [9.17, 15) is 22.4 Å². The molecule has 178 valence electrons. The van der Waals surface area contributed by atoms with Crippen molar-refractivity contribution in [2.24, 2.45) is 10.7 Å². The molecule has 2 aromatic rings. The van der Waals surface area contributed by atoms with Crippen molar-refractivity contribution in [3.63, 3.8) is 0 Å². The molecule has 0 fully saturated rings. The number of methoxy groups -OCH3 is 1. The molecule has 1 amide bonds. The van der Waals surface area contributed by atoms with Crippen LogP contribution in [0.25, 0.3) is 0 Å². The number of anilines is 1. The lowest BCUT2D eigenvalue weighted by atomic mass is 9.93. The number of nitrogens with one attached hydrogen (secondary N) is 1. The molecule has 2 aromatic heterocycles. The fourth-order valence-corrected chi connectivity index (χ4v) is 2.97. The Morgan fingerprint density at radius 3 is 2.58 bits per heavy atom. The number of alkyl halides is 3. The maximum Gasteiger partial charge on any atom is 0.424 e. The highest BCUT2D eigenvalue weighted by Crippen LogP contribution is 2.41. The standard InChI is InChI=1S/C20H21F4N5O4/c1-10-7-11(31-4)8-26-15(10)33-17(30)28-13-6-5-12(21)14(27-13)18(2)9-32-19(3,16(25)29-18)20(22,23)24/h5-8H,9H2,1-4H3,(H2,25,29)(H,27,28,30). The highest BCUT2D eigenvalue weighted by molar-refractivity contribution is 5.90.